The Morgan fingerprint density at radius 1 is 1.24 bits per heavy atom. The third-order valence-corrected chi connectivity index (χ3v) is 4.09. The first-order valence-corrected chi connectivity index (χ1v) is 7.77. The van der Waals surface area contributed by atoms with Gasteiger partial charge in [0.05, 0.1) is 22.9 Å². The molecule has 2 rings (SSSR count). The normalized spacial score (nSPS) is 10.2. The van der Waals surface area contributed by atoms with E-state index in [1.807, 2.05) is 25.1 Å². The standard InChI is InChI=1S/C16H15BrClNO2/c1-2-10-21-14-9-4-3-8-13(14)19-16(20)11-6-5-7-12(17)15(11)18/h3-9H,2,10H2,1H3,(H,19,20). The van der Waals surface area contributed by atoms with E-state index in [1.54, 1.807) is 24.3 Å². The third kappa shape index (κ3) is 3.99. The fourth-order valence-electron chi connectivity index (χ4n) is 1.78. The van der Waals surface area contributed by atoms with Crippen LogP contribution in [0.25, 0.3) is 0 Å². The summed E-state index contributed by atoms with van der Waals surface area (Å²) in [5.41, 5.74) is 1.04. The average molecular weight is 369 g/mol. The van der Waals surface area contributed by atoms with E-state index >= 15 is 0 Å². The smallest absolute Gasteiger partial charge is 0.257 e. The molecule has 0 saturated carbocycles. The summed E-state index contributed by atoms with van der Waals surface area (Å²) >= 11 is 9.45. The fourth-order valence-corrected chi connectivity index (χ4v) is 2.35. The first kappa shape index (κ1) is 15.9. The topological polar surface area (TPSA) is 38.3 Å². The van der Waals surface area contributed by atoms with Crippen LogP contribution in [0, 0.1) is 0 Å². The van der Waals surface area contributed by atoms with E-state index < -0.39 is 0 Å². The molecule has 0 aliphatic carbocycles. The molecule has 0 spiro atoms. The molecule has 0 bridgehead atoms. The minimum Gasteiger partial charge on any atom is -0.491 e. The molecule has 3 nitrogen and oxygen atoms in total. The maximum Gasteiger partial charge on any atom is 0.257 e. The van der Waals surface area contributed by atoms with Gasteiger partial charge in [-0.15, -0.1) is 0 Å². The molecule has 2 aromatic carbocycles. The second-order valence-electron chi connectivity index (χ2n) is 4.40. The Kier molecular flexibility index (Phi) is 5.65. The van der Waals surface area contributed by atoms with E-state index in [2.05, 4.69) is 21.2 Å². The molecule has 0 aliphatic rings. The van der Waals surface area contributed by atoms with Crippen LogP contribution < -0.4 is 10.1 Å². The number of carbonyl (C=O) groups is 1. The number of benzene rings is 2. The van der Waals surface area contributed by atoms with Crippen LogP contribution in [0.4, 0.5) is 5.69 Å². The van der Waals surface area contributed by atoms with E-state index in [9.17, 15) is 4.79 Å². The monoisotopic (exact) mass is 367 g/mol. The summed E-state index contributed by atoms with van der Waals surface area (Å²) in [6.45, 7) is 2.63. The average Bonchev–Trinajstić information content (AvgIpc) is 2.49. The van der Waals surface area contributed by atoms with Crippen molar-refractivity contribution in [3.05, 3.63) is 57.5 Å². The summed E-state index contributed by atoms with van der Waals surface area (Å²) in [5.74, 6) is 0.382. The first-order valence-electron chi connectivity index (χ1n) is 6.60. The molecular formula is C16H15BrClNO2. The summed E-state index contributed by atoms with van der Waals surface area (Å²) in [6.07, 6.45) is 0.903. The SMILES string of the molecule is CCCOc1ccccc1NC(=O)c1cccc(Br)c1Cl. The number of anilines is 1. The van der Waals surface area contributed by atoms with E-state index in [0.29, 0.717) is 33.1 Å². The molecule has 0 aliphatic heterocycles. The number of nitrogens with one attached hydrogen (secondary N) is 1. The zero-order valence-corrected chi connectivity index (χ0v) is 13.9. The van der Waals surface area contributed by atoms with Crippen molar-refractivity contribution in [3.8, 4) is 5.75 Å². The number of carbonyl (C=O) groups excluding carboxylic acids is 1. The van der Waals surface area contributed by atoms with Gasteiger partial charge in [-0.1, -0.05) is 36.7 Å². The quantitative estimate of drug-likeness (QED) is 0.793. The molecule has 1 amide bonds. The molecule has 0 fully saturated rings. The Morgan fingerprint density at radius 2 is 2.00 bits per heavy atom. The van der Waals surface area contributed by atoms with Gasteiger partial charge in [0.2, 0.25) is 0 Å². The number of amides is 1. The highest BCUT2D eigenvalue weighted by molar-refractivity contribution is 9.10. The van der Waals surface area contributed by atoms with Gasteiger partial charge in [0.1, 0.15) is 5.75 Å². The third-order valence-electron chi connectivity index (χ3n) is 2.79. The highest BCUT2D eigenvalue weighted by atomic mass is 79.9. The molecule has 0 unspecified atom stereocenters. The van der Waals surface area contributed by atoms with Crippen molar-refractivity contribution in [2.75, 3.05) is 11.9 Å². The van der Waals surface area contributed by atoms with Crippen LogP contribution in [-0.2, 0) is 0 Å². The Morgan fingerprint density at radius 3 is 2.76 bits per heavy atom. The molecule has 21 heavy (non-hydrogen) atoms. The Bertz CT molecular complexity index is 646. The molecule has 110 valence electrons. The van der Waals surface area contributed by atoms with Crippen LogP contribution in [0.1, 0.15) is 23.7 Å². The summed E-state index contributed by atoms with van der Waals surface area (Å²) in [4.78, 5) is 12.3. The van der Waals surface area contributed by atoms with Gasteiger partial charge in [-0.05, 0) is 46.6 Å². The van der Waals surface area contributed by atoms with Crippen molar-refractivity contribution in [2.24, 2.45) is 0 Å². The van der Waals surface area contributed by atoms with Crippen LogP contribution in [0.2, 0.25) is 5.02 Å². The molecule has 0 aromatic heterocycles. The molecule has 2 aromatic rings. The number of halogens is 2. The van der Waals surface area contributed by atoms with Crippen molar-refractivity contribution < 1.29 is 9.53 Å². The van der Waals surface area contributed by atoms with Crippen LogP contribution in [-0.4, -0.2) is 12.5 Å². The molecule has 0 heterocycles. The molecule has 1 N–H and O–H groups in total. The number of ether oxygens (including phenoxy) is 1. The van der Waals surface area contributed by atoms with E-state index in [1.165, 1.54) is 0 Å². The second-order valence-corrected chi connectivity index (χ2v) is 5.63. The van der Waals surface area contributed by atoms with Crippen LogP contribution in [0.15, 0.2) is 46.9 Å². The van der Waals surface area contributed by atoms with Crippen molar-refractivity contribution in [3.63, 3.8) is 0 Å². The van der Waals surface area contributed by atoms with Crippen LogP contribution in [0.5, 0.6) is 5.75 Å². The predicted molar refractivity (Wildman–Crippen MR) is 89.3 cm³/mol. The van der Waals surface area contributed by atoms with Gasteiger partial charge >= 0.3 is 0 Å². The summed E-state index contributed by atoms with van der Waals surface area (Å²) in [7, 11) is 0. The van der Waals surface area contributed by atoms with Gasteiger partial charge in [-0.3, -0.25) is 4.79 Å². The van der Waals surface area contributed by atoms with Gasteiger partial charge in [0.15, 0.2) is 0 Å². The van der Waals surface area contributed by atoms with Crippen molar-refractivity contribution in [1.29, 1.82) is 0 Å². The summed E-state index contributed by atoms with van der Waals surface area (Å²) in [6, 6.07) is 12.6. The maximum absolute atomic E-state index is 12.3. The molecule has 0 atom stereocenters. The summed E-state index contributed by atoms with van der Waals surface area (Å²) < 4.78 is 6.31. The van der Waals surface area contributed by atoms with Gasteiger partial charge in [0, 0.05) is 4.47 Å². The van der Waals surface area contributed by atoms with Crippen molar-refractivity contribution >= 4 is 39.1 Å². The molecule has 0 saturated heterocycles. The molecular weight excluding hydrogens is 354 g/mol. The van der Waals surface area contributed by atoms with Gasteiger partial charge in [0.25, 0.3) is 5.91 Å². The number of rotatable bonds is 5. The minimum atomic E-state index is -0.270. The van der Waals surface area contributed by atoms with Crippen molar-refractivity contribution in [2.45, 2.75) is 13.3 Å². The van der Waals surface area contributed by atoms with Gasteiger partial charge in [-0.25, -0.2) is 0 Å². The maximum atomic E-state index is 12.3. The van der Waals surface area contributed by atoms with Gasteiger partial charge in [-0.2, -0.15) is 0 Å². The van der Waals surface area contributed by atoms with Crippen molar-refractivity contribution in [1.82, 2.24) is 0 Å². The lowest BCUT2D eigenvalue weighted by Crippen LogP contribution is -2.13. The second kappa shape index (κ2) is 7.48. The number of hydrogen-bond acceptors (Lipinski definition) is 2. The predicted octanol–water partition coefficient (Wildman–Crippen LogP) is 5.14. The van der Waals surface area contributed by atoms with E-state index in [-0.39, 0.29) is 5.91 Å². The first-order chi connectivity index (χ1) is 10.1. The summed E-state index contributed by atoms with van der Waals surface area (Å²) in [5, 5.41) is 3.23. The lowest BCUT2D eigenvalue weighted by molar-refractivity contribution is 0.102. The Balaban J connectivity index is 2.22. The lowest BCUT2D eigenvalue weighted by Gasteiger charge is -2.12. The zero-order chi connectivity index (χ0) is 15.2. The molecule has 0 radical (unpaired) electrons. The molecule has 5 heteroatoms. The number of para-hydroxylation sites is 2. The Labute approximate surface area is 137 Å². The number of hydrogen-bond donors (Lipinski definition) is 1. The largest absolute Gasteiger partial charge is 0.491 e. The fraction of sp³-hybridized carbons (Fsp3) is 0.188. The minimum absolute atomic E-state index is 0.270. The van der Waals surface area contributed by atoms with E-state index in [0.717, 1.165) is 6.42 Å². The lowest BCUT2D eigenvalue weighted by atomic mass is 10.2. The van der Waals surface area contributed by atoms with Gasteiger partial charge < -0.3 is 10.1 Å². The van der Waals surface area contributed by atoms with E-state index in [4.69, 9.17) is 16.3 Å². The van der Waals surface area contributed by atoms with Crippen LogP contribution >= 0.6 is 27.5 Å². The highest BCUT2D eigenvalue weighted by Gasteiger charge is 2.14. The van der Waals surface area contributed by atoms with Crippen LogP contribution in [0.3, 0.4) is 0 Å². The Hall–Kier alpha value is -1.52. The zero-order valence-electron chi connectivity index (χ0n) is 11.5. The highest BCUT2D eigenvalue weighted by Crippen LogP contribution is 2.28.